The van der Waals surface area contributed by atoms with E-state index < -0.39 is 10.0 Å². The maximum absolute atomic E-state index is 11.8. The molecule has 1 heterocycles. The van der Waals surface area contributed by atoms with Crippen molar-refractivity contribution in [3.8, 4) is 0 Å². The SMILES string of the molecule is COC(=O)CCCS(=O)(=O)NCC1(C)CCCNC1. The minimum absolute atomic E-state index is 0.0202. The highest BCUT2D eigenvalue weighted by Crippen LogP contribution is 2.24. The zero-order valence-corrected chi connectivity index (χ0v) is 12.5. The highest BCUT2D eigenvalue weighted by molar-refractivity contribution is 7.89. The molecule has 2 N–H and O–H groups in total. The Bertz CT molecular complexity index is 389. The molecule has 0 spiro atoms. The van der Waals surface area contributed by atoms with Gasteiger partial charge >= 0.3 is 5.97 Å². The molecule has 7 heteroatoms. The van der Waals surface area contributed by atoms with E-state index in [1.807, 2.05) is 0 Å². The second-order valence-corrected chi connectivity index (χ2v) is 7.34. The summed E-state index contributed by atoms with van der Waals surface area (Å²) in [4.78, 5) is 10.9. The molecule has 0 aromatic carbocycles. The predicted molar refractivity (Wildman–Crippen MR) is 73.3 cm³/mol. The van der Waals surface area contributed by atoms with Crippen molar-refractivity contribution in [2.45, 2.75) is 32.6 Å². The minimum Gasteiger partial charge on any atom is -0.469 e. The molecular formula is C12H24N2O4S. The van der Waals surface area contributed by atoms with E-state index in [-0.39, 0.29) is 30.0 Å². The molecule has 0 aromatic rings. The smallest absolute Gasteiger partial charge is 0.305 e. The van der Waals surface area contributed by atoms with Crippen LogP contribution in [0, 0.1) is 5.41 Å². The third-order valence-corrected chi connectivity index (χ3v) is 4.84. The van der Waals surface area contributed by atoms with Crippen LogP contribution in [-0.2, 0) is 19.6 Å². The van der Waals surface area contributed by atoms with Gasteiger partial charge in [0.2, 0.25) is 10.0 Å². The van der Waals surface area contributed by atoms with Gasteiger partial charge < -0.3 is 10.1 Å². The van der Waals surface area contributed by atoms with Gasteiger partial charge in [0.25, 0.3) is 0 Å². The molecule has 1 rings (SSSR count). The molecule has 0 amide bonds. The first-order chi connectivity index (χ1) is 8.87. The number of piperidine rings is 1. The van der Waals surface area contributed by atoms with Crippen molar-refractivity contribution < 1.29 is 17.9 Å². The van der Waals surface area contributed by atoms with Gasteiger partial charge in [0.05, 0.1) is 12.9 Å². The number of esters is 1. The normalized spacial score (nSPS) is 24.1. The molecule has 1 aliphatic rings. The summed E-state index contributed by atoms with van der Waals surface area (Å²) in [6, 6.07) is 0. The Morgan fingerprint density at radius 1 is 1.47 bits per heavy atom. The van der Waals surface area contributed by atoms with Gasteiger partial charge in [-0.25, -0.2) is 13.1 Å². The fourth-order valence-electron chi connectivity index (χ4n) is 2.13. The van der Waals surface area contributed by atoms with Gasteiger partial charge in [0.15, 0.2) is 0 Å². The van der Waals surface area contributed by atoms with E-state index in [1.165, 1.54) is 7.11 Å². The maximum Gasteiger partial charge on any atom is 0.305 e. The van der Waals surface area contributed by atoms with Crippen LogP contribution >= 0.6 is 0 Å². The minimum atomic E-state index is -3.31. The van der Waals surface area contributed by atoms with E-state index in [0.29, 0.717) is 6.54 Å². The third kappa shape index (κ3) is 6.35. The summed E-state index contributed by atoms with van der Waals surface area (Å²) in [6.45, 7) is 4.36. The molecule has 6 nitrogen and oxygen atoms in total. The van der Waals surface area contributed by atoms with Gasteiger partial charge in [-0.1, -0.05) is 6.92 Å². The summed E-state index contributed by atoms with van der Waals surface area (Å²) in [5.74, 6) is -0.412. The van der Waals surface area contributed by atoms with Gasteiger partial charge in [0, 0.05) is 19.5 Å². The Morgan fingerprint density at radius 2 is 2.21 bits per heavy atom. The van der Waals surface area contributed by atoms with Crippen LogP contribution in [0.4, 0.5) is 0 Å². The first-order valence-electron chi connectivity index (χ1n) is 6.62. The molecule has 1 unspecified atom stereocenters. The van der Waals surface area contributed by atoms with E-state index in [0.717, 1.165) is 25.9 Å². The molecule has 1 saturated heterocycles. The summed E-state index contributed by atoms with van der Waals surface area (Å²) in [6.07, 6.45) is 2.51. The number of ether oxygens (including phenoxy) is 1. The molecule has 19 heavy (non-hydrogen) atoms. The number of sulfonamides is 1. The van der Waals surface area contributed by atoms with Crippen LogP contribution in [0.25, 0.3) is 0 Å². The largest absolute Gasteiger partial charge is 0.469 e. The summed E-state index contributed by atoms with van der Waals surface area (Å²) in [5, 5.41) is 3.28. The van der Waals surface area contributed by atoms with Crippen molar-refractivity contribution in [1.82, 2.24) is 10.0 Å². The van der Waals surface area contributed by atoms with Gasteiger partial charge in [-0.15, -0.1) is 0 Å². The number of carbonyl (C=O) groups excluding carboxylic acids is 1. The third-order valence-electron chi connectivity index (χ3n) is 3.43. The number of hydrogen-bond donors (Lipinski definition) is 2. The van der Waals surface area contributed by atoms with Crippen molar-refractivity contribution in [3.63, 3.8) is 0 Å². The van der Waals surface area contributed by atoms with Crippen LogP contribution in [-0.4, -0.2) is 46.9 Å². The van der Waals surface area contributed by atoms with E-state index in [1.54, 1.807) is 0 Å². The van der Waals surface area contributed by atoms with E-state index >= 15 is 0 Å². The maximum atomic E-state index is 11.8. The number of carbonyl (C=O) groups is 1. The molecule has 0 aliphatic carbocycles. The van der Waals surface area contributed by atoms with Crippen LogP contribution in [0.1, 0.15) is 32.6 Å². The molecular weight excluding hydrogens is 268 g/mol. The summed E-state index contributed by atoms with van der Waals surface area (Å²) >= 11 is 0. The van der Waals surface area contributed by atoms with Gasteiger partial charge in [-0.05, 0) is 31.2 Å². The van der Waals surface area contributed by atoms with Crippen LogP contribution in [0.5, 0.6) is 0 Å². The quantitative estimate of drug-likeness (QED) is 0.657. The average Bonchev–Trinajstić information content (AvgIpc) is 2.37. The van der Waals surface area contributed by atoms with E-state index in [2.05, 4.69) is 21.7 Å². The molecule has 0 aromatic heterocycles. The first-order valence-corrected chi connectivity index (χ1v) is 8.27. The zero-order valence-electron chi connectivity index (χ0n) is 11.7. The Hall–Kier alpha value is -0.660. The monoisotopic (exact) mass is 292 g/mol. The summed E-state index contributed by atoms with van der Waals surface area (Å²) < 4.78 is 30.7. The molecule has 1 fully saturated rings. The number of nitrogens with one attached hydrogen (secondary N) is 2. The molecule has 1 atom stereocenters. The van der Waals surface area contributed by atoms with Gasteiger partial charge in [-0.2, -0.15) is 0 Å². The van der Waals surface area contributed by atoms with Crippen molar-refractivity contribution >= 4 is 16.0 Å². The van der Waals surface area contributed by atoms with Crippen LogP contribution in [0.15, 0.2) is 0 Å². The standard InChI is InChI=1S/C12H24N2O4S/c1-12(6-4-7-13-9-12)10-14-19(16,17)8-3-5-11(15)18-2/h13-14H,3-10H2,1-2H3. The Balaban J connectivity index is 2.31. The number of rotatable bonds is 7. The molecule has 1 aliphatic heterocycles. The Kier molecular flexibility index (Phi) is 6.22. The fraction of sp³-hybridized carbons (Fsp3) is 0.917. The van der Waals surface area contributed by atoms with Crippen LogP contribution < -0.4 is 10.0 Å². The van der Waals surface area contributed by atoms with E-state index in [9.17, 15) is 13.2 Å². The number of hydrogen-bond acceptors (Lipinski definition) is 5. The molecule has 0 saturated carbocycles. The highest BCUT2D eigenvalue weighted by atomic mass is 32.2. The second kappa shape index (κ2) is 7.21. The van der Waals surface area contributed by atoms with Crippen molar-refractivity contribution in [3.05, 3.63) is 0 Å². The zero-order chi connectivity index (χ0) is 14.4. The second-order valence-electron chi connectivity index (χ2n) is 5.41. The molecule has 112 valence electrons. The van der Waals surface area contributed by atoms with Gasteiger partial charge in [-0.3, -0.25) is 4.79 Å². The average molecular weight is 292 g/mol. The fourth-order valence-corrected chi connectivity index (χ4v) is 3.37. The lowest BCUT2D eigenvalue weighted by molar-refractivity contribution is -0.140. The van der Waals surface area contributed by atoms with Crippen molar-refractivity contribution in [2.24, 2.45) is 5.41 Å². The number of methoxy groups -OCH3 is 1. The lowest BCUT2D eigenvalue weighted by Gasteiger charge is -2.34. The lowest BCUT2D eigenvalue weighted by atomic mass is 9.83. The summed E-state index contributed by atoms with van der Waals surface area (Å²) in [5.41, 5.74) is -0.0202. The van der Waals surface area contributed by atoms with Crippen molar-refractivity contribution in [1.29, 1.82) is 0 Å². The van der Waals surface area contributed by atoms with E-state index in [4.69, 9.17) is 0 Å². The lowest BCUT2D eigenvalue weighted by Crippen LogP contribution is -2.46. The highest BCUT2D eigenvalue weighted by Gasteiger charge is 2.28. The van der Waals surface area contributed by atoms with Crippen LogP contribution in [0.3, 0.4) is 0 Å². The Labute approximate surface area is 115 Å². The first kappa shape index (κ1) is 16.4. The van der Waals surface area contributed by atoms with Gasteiger partial charge in [0.1, 0.15) is 0 Å². The molecule has 0 radical (unpaired) electrons. The van der Waals surface area contributed by atoms with Crippen molar-refractivity contribution in [2.75, 3.05) is 32.5 Å². The Morgan fingerprint density at radius 3 is 2.79 bits per heavy atom. The van der Waals surface area contributed by atoms with Crippen LogP contribution in [0.2, 0.25) is 0 Å². The molecule has 0 bridgehead atoms. The summed E-state index contributed by atoms with van der Waals surface area (Å²) in [7, 11) is -2.01. The topological polar surface area (TPSA) is 84.5 Å². The predicted octanol–water partition coefficient (Wildman–Crippen LogP) is 0.249.